The second kappa shape index (κ2) is 23.7. The molecule has 1 atom stereocenters. The Labute approximate surface area is 286 Å². The number of hydrogen-bond acceptors (Lipinski definition) is 7. The van der Waals surface area contributed by atoms with Crippen LogP contribution in [0, 0.1) is 12.7 Å². The van der Waals surface area contributed by atoms with Gasteiger partial charge in [0.05, 0.1) is 24.4 Å². The van der Waals surface area contributed by atoms with Crippen molar-refractivity contribution in [2.24, 2.45) is 0 Å². The number of aromatic nitrogens is 3. The lowest BCUT2D eigenvalue weighted by Gasteiger charge is -2.30. The molecule has 0 spiro atoms. The van der Waals surface area contributed by atoms with Crippen molar-refractivity contribution >= 4 is 28.2 Å². The summed E-state index contributed by atoms with van der Waals surface area (Å²) in [4.78, 5) is 15.7. The molecule has 0 saturated carbocycles. The maximum atomic E-state index is 16.3. The number of aryl methyl sites for hydroxylation is 1. The van der Waals surface area contributed by atoms with Crippen LogP contribution in [0.4, 0.5) is 29.1 Å². The predicted molar refractivity (Wildman–Crippen MR) is 194 cm³/mol. The standard InChI is InChI=1S/C27H32F3N5O2.C4H9F.3C2H6/c1-5-6-7-8-10-35-11-9-19-21-24(33-27(36-4)34-26(21)35)22(30)23(32-19)18-13-17(31)12-15(2)20(18)25(16(3)29)37-14-28;1-3-4(2)5;3*1-2/h12-13H,5-11,14,31H2,1-4H3;4H,3H2,1-2H3;3*1-2H3/b25-16-;;;;. The third-order valence-electron chi connectivity index (χ3n) is 7.12. The van der Waals surface area contributed by atoms with E-state index >= 15 is 4.39 Å². The summed E-state index contributed by atoms with van der Waals surface area (Å²) in [5, 5.41) is 0.531. The van der Waals surface area contributed by atoms with Gasteiger partial charge in [-0.15, -0.1) is 0 Å². The van der Waals surface area contributed by atoms with Crippen LogP contribution in [-0.2, 0) is 11.2 Å². The zero-order valence-corrected chi connectivity index (χ0v) is 31.3. The maximum absolute atomic E-state index is 16.3. The Morgan fingerprint density at radius 1 is 1.02 bits per heavy atom. The smallest absolute Gasteiger partial charge is 0.318 e. The second-order valence-electron chi connectivity index (χ2n) is 10.3. The quantitative estimate of drug-likeness (QED) is 0.0933. The lowest BCUT2D eigenvalue weighted by molar-refractivity contribution is 0.157. The molecule has 0 aliphatic carbocycles. The van der Waals surface area contributed by atoms with Crippen molar-refractivity contribution in [2.75, 3.05) is 37.7 Å². The number of unbranched alkanes of at least 4 members (excludes halogenated alkanes) is 3. The Morgan fingerprint density at radius 2 is 1.65 bits per heavy atom. The first kappa shape index (κ1) is 44.4. The van der Waals surface area contributed by atoms with Crippen molar-refractivity contribution in [3.63, 3.8) is 0 Å². The summed E-state index contributed by atoms with van der Waals surface area (Å²) in [6.07, 6.45) is 4.93. The maximum Gasteiger partial charge on any atom is 0.318 e. The van der Waals surface area contributed by atoms with Crippen LogP contribution < -0.4 is 15.4 Å². The van der Waals surface area contributed by atoms with E-state index in [2.05, 4.69) is 26.8 Å². The normalized spacial score (nSPS) is 12.5. The summed E-state index contributed by atoms with van der Waals surface area (Å²) < 4.78 is 65.6. The van der Waals surface area contributed by atoms with E-state index < -0.39 is 24.7 Å². The van der Waals surface area contributed by atoms with Gasteiger partial charge in [-0.3, -0.25) is 0 Å². The van der Waals surface area contributed by atoms with Gasteiger partial charge in [0.15, 0.2) is 11.6 Å². The Morgan fingerprint density at radius 3 is 2.17 bits per heavy atom. The zero-order valence-electron chi connectivity index (χ0n) is 31.3. The van der Waals surface area contributed by atoms with Crippen LogP contribution >= 0.6 is 0 Å². The van der Waals surface area contributed by atoms with Gasteiger partial charge in [0, 0.05) is 36.3 Å². The molecule has 1 unspecified atom stereocenters. The number of rotatable bonds is 11. The van der Waals surface area contributed by atoms with Crippen LogP contribution in [0.3, 0.4) is 0 Å². The van der Waals surface area contributed by atoms with E-state index in [1.54, 1.807) is 19.9 Å². The zero-order chi connectivity index (χ0) is 37.0. The van der Waals surface area contributed by atoms with Gasteiger partial charge in [-0.1, -0.05) is 74.7 Å². The van der Waals surface area contributed by atoms with Crippen molar-refractivity contribution in [3.05, 3.63) is 40.6 Å². The molecule has 7 nitrogen and oxygen atoms in total. The molecule has 3 aromatic rings. The van der Waals surface area contributed by atoms with Crippen LogP contribution in [-0.4, -0.2) is 48.2 Å². The third kappa shape index (κ3) is 11.8. The molecule has 0 saturated heterocycles. The van der Waals surface area contributed by atoms with Gasteiger partial charge in [-0.2, -0.15) is 9.97 Å². The SMILES string of the molecule is CC.CC.CC.CCC(C)F.CCCCCCN1CCc2nc(-c3cc(N)cc(C)c3/C(OCF)=C(\C)F)c(F)c3nc(OC)nc1c23. The van der Waals surface area contributed by atoms with Gasteiger partial charge in [-0.25, -0.2) is 22.5 Å². The molecule has 4 rings (SSSR count). The van der Waals surface area contributed by atoms with Gasteiger partial charge in [0.25, 0.3) is 0 Å². The van der Waals surface area contributed by atoms with Crippen LogP contribution in [0.5, 0.6) is 6.01 Å². The van der Waals surface area contributed by atoms with Crippen LogP contribution in [0.2, 0.25) is 0 Å². The first-order valence-electron chi connectivity index (χ1n) is 17.4. The van der Waals surface area contributed by atoms with Gasteiger partial charge in [-0.05, 0) is 51.3 Å². The minimum Gasteiger partial charge on any atom is -0.467 e. The molecule has 48 heavy (non-hydrogen) atoms. The van der Waals surface area contributed by atoms with E-state index in [0.29, 0.717) is 47.5 Å². The van der Waals surface area contributed by atoms with E-state index in [1.807, 2.05) is 48.5 Å². The first-order valence-corrected chi connectivity index (χ1v) is 17.4. The summed E-state index contributed by atoms with van der Waals surface area (Å²) in [6.45, 7) is 20.5. The number of alkyl halides is 2. The number of nitrogens with zero attached hydrogens (tertiary/aromatic N) is 4. The number of halogens is 4. The lowest BCUT2D eigenvalue weighted by atomic mass is 9.94. The molecule has 1 aliphatic heterocycles. The molecule has 3 heterocycles. The van der Waals surface area contributed by atoms with Crippen LogP contribution in [0.1, 0.15) is 118 Å². The highest BCUT2D eigenvalue weighted by Crippen LogP contribution is 2.41. The molecular weight excluding hydrogens is 622 g/mol. The number of benzene rings is 1. The van der Waals surface area contributed by atoms with Crippen molar-refractivity contribution in [1.82, 2.24) is 15.0 Å². The number of anilines is 2. The fraction of sp³-hybridized carbons (Fsp3) is 0.595. The highest BCUT2D eigenvalue weighted by atomic mass is 19.1. The van der Waals surface area contributed by atoms with E-state index in [9.17, 15) is 13.2 Å². The fourth-order valence-electron chi connectivity index (χ4n) is 4.88. The molecule has 1 aliphatic rings. The number of hydrogen-bond donors (Lipinski definition) is 1. The molecule has 2 N–H and O–H groups in total. The van der Waals surface area contributed by atoms with E-state index in [-0.39, 0.29) is 34.1 Å². The molecule has 11 heteroatoms. The van der Waals surface area contributed by atoms with Gasteiger partial charge >= 0.3 is 6.01 Å². The van der Waals surface area contributed by atoms with Crippen molar-refractivity contribution in [1.29, 1.82) is 0 Å². The molecule has 0 fully saturated rings. The first-order chi connectivity index (χ1) is 23.1. The molecule has 2 aromatic heterocycles. The highest BCUT2D eigenvalue weighted by Gasteiger charge is 2.29. The Balaban J connectivity index is 0.00000178. The monoisotopic (exact) mass is 681 g/mol. The van der Waals surface area contributed by atoms with Crippen molar-refractivity contribution < 1.29 is 27.0 Å². The molecular formula is C37H59F4N5O2. The average molecular weight is 682 g/mol. The minimum atomic E-state index is -1.25. The third-order valence-corrected chi connectivity index (χ3v) is 7.12. The van der Waals surface area contributed by atoms with Crippen molar-refractivity contribution in [2.45, 2.75) is 121 Å². The van der Waals surface area contributed by atoms with Crippen LogP contribution in [0.25, 0.3) is 27.9 Å². The van der Waals surface area contributed by atoms with Gasteiger partial charge in [0.2, 0.25) is 6.86 Å². The number of allylic oxidation sites excluding steroid dienone is 1. The molecule has 0 amide bonds. The predicted octanol–water partition coefficient (Wildman–Crippen LogP) is 11.1. The number of nitrogens with two attached hydrogens (primary N) is 1. The molecule has 1 aromatic carbocycles. The lowest BCUT2D eigenvalue weighted by Crippen LogP contribution is -2.32. The summed E-state index contributed by atoms with van der Waals surface area (Å²) in [6, 6.07) is 3.11. The van der Waals surface area contributed by atoms with Crippen molar-refractivity contribution in [3.8, 4) is 17.3 Å². The number of methoxy groups -OCH3 is 1. The molecule has 0 radical (unpaired) electrons. The number of nitrogen functional groups attached to an aromatic ring is 1. The summed E-state index contributed by atoms with van der Waals surface area (Å²) >= 11 is 0. The average Bonchev–Trinajstić information content (AvgIpc) is 3.10. The summed E-state index contributed by atoms with van der Waals surface area (Å²) in [5.41, 5.74) is 7.87. The van der Waals surface area contributed by atoms with Crippen LogP contribution in [0.15, 0.2) is 18.0 Å². The second-order valence-corrected chi connectivity index (χ2v) is 10.3. The number of ether oxygens (including phenoxy) is 2. The Bertz CT molecular complexity index is 1410. The topological polar surface area (TPSA) is 86.4 Å². The van der Waals surface area contributed by atoms with E-state index in [0.717, 1.165) is 39.2 Å². The summed E-state index contributed by atoms with van der Waals surface area (Å²) in [7, 11) is 1.43. The van der Waals surface area contributed by atoms with E-state index in [1.165, 1.54) is 13.2 Å². The van der Waals surface area contributed by atoms with Gasteiger partial charge in [0.1, 0.15) is 22.9 Å². The summed E-state index contributed by atoms with van der Waals surface area (Å²) in [5.74, 6) is -1.22. The molecule has 0 bridgehead atoms. The number of pyridine rings is 1. The fourth-order valence-corrected chi connectivity index (χ4v) is 4.88. The Kier molecular flexibility index (Phi) is 21.9. The largest absolute Gasteiger partial charge is 0.467 e. The van der Waals surface area contributed by atoms with Gasteiger partial charge < -0.3 is 20.1 Å². The highest BCUT2D eigenvalue weighted by molar-refractivity contribution is 5.96. The Hall–Kier alpha value is -3.63. The van der Waals surface area contributed by atoms with E-state index in [4.69, 9.17) is 15.2 Å². The minimum absolute atomic E-state index is 0.0369. The molecule has 272 valence electrons.